The molecule has 6 N–H and O–H groups in total. The Kier molecular flexibility index (Phi) is 5.68. The maximum atomic E-state index is 11.5. The number of hydrogen-bond donors (Lipinski definition) is 6. The van der Waals surface area contributed by atoms with Crippen molar-refractivity contribution >= 4 is 22.9 Å². The number of aliphatic hydroxyl groups excluding tert-OH is 4. The summed E-state index contributed by atoms with van der Waals surface area (Å²) < 4.78 is 0. The Morgan fingerprint density at radius 1 is 1.21 bits per heavy atom. The maximum absolute atomic E-state index is 11.5. The van der Waals surface area contributed by atoms with Crippen molar-refractivity contribution < 1.29 is 25.2 Å². The lowest BCUT2D eigenvalue weighted by molar-refractivity contribution is -0.117. The zero-order valence-corrected chi connectivity index (χ0v) is 13.0. The fourth-order valence-corrected chi connectivity index (χ4v) is 2.46. The van der Waals surface area contributed by atoms with E-state index in [0.717, 1.165) is 10.9 Å². The van der Waals surface area contributed by atoms with E-state index >= 15 is 0 Å². The molecule has 0 spiro atoms. The molecule has 4 atom stereocenters. The van der Waals surface area contributed by atoms with E-state index < -0.39 is 31.0 Å². The van der Waals surface area contributed by atoms with Gasteiger partial charge in [0.15, 0.2) is 0 Å². The van der Waals surface area contributed by atoms with Crippen molar-refractivity contribution in [1.82, 2.24) is 4.98 Å². The van der Waals surface area contributed by atoms with Gasteiger partial charge in [0.05, 0.1) is 12.1 Å². The van der Waals surface area contributed by atoms with Crippen molar-refractivity contribution in [2.45, 2.75) is 31.3 Å². The van der Waals surface area contributed by atoms with Crippen LogP contribution in [-0.4, -0.2) is 62.7 Å². The van der Waals surface area contributed by atoms with Gasteiger partial charge in [-0.25, -0.2) is 0 Å². The van der Waals surface area contributed by atoms with Crippen molar-refractivity contribution in [2.24, 2.45) is 0 Å². The highest BCUT2D eigenvalue weighted by atomic mass is 16.4. The number of aldehydes is 1. The van der Waals surface area contributed by atoms with Gasteiger partial charge in [0.25, 0.3) is 0 Å². The third-order valence-corrected chi connectivity index (χ3v) is 3.83. The molecule has 0 saturated carbocycles. The van der Waals surface area contributed by atoms with Crippen molar-refractivity contribution in [3.05, 3.63) is 40.2 Å². The number of hydrogen-bond acceptors (Lipinski definition) is 7. The number of carbonyl (C=O) groups is 1. The molecule has 24 heavy (non-hydrogen) atoms. The number of carbonyl (C=O) groups excluding carboxylic acids is 1. The first-order chi connectivity index (χ1) is 11.4. The Hall–Kier alpha value is -2.26. The molecule has 0 amide bonds. The third kappa shape index (κ3) is 3.80. The fraction of sp³-hybridized carbons (Fsp3) is 0.375. The maximum Gasteiger partial charge on any atom is 0.248 e. The van der Waals surface area contributed by atoms with Gasteiger partial charge in [0.1, 0.15) is 30.6 Å². The van der Waals surface area contributed by atoms with Crippen molar-refractivity contribution in [2.75, 3.05) is 11.9 Å². The van der Waals surface area contributed by atoms with Gasteiger partial charge in [0, 0.05) is 17.1 Å². The summed E-state index contributed by atoms with van der Waals surface area (Å²) in [5, 5.41) is 41.4. The normalized spacial score (nSPS) is 16.4. The second-order valence-corrected chi connectivity index (χ2v) is 5.61. The highest BCUT2D eigenvalue weighted by molar-refractivity contribution is 5.85. The van der Waals surface area contributed by atoms with Crippen LogP contribution >= 0.6 is 0 Å². The van der Waals surface area contributed by atoms with Gasteiger partial charge in [-0.2, -0.15) is 0 Å². The highest BCUT2D eigenvalue weighted by Gasteiger charge is 2.31. The van der Waals surface area contributed by atoms with E-state index in [4.69, 9.17) is 5.11 Å². The standard InChI is InChI=1S/C16H20N2O6/c1-8-4-14(22)18-11-5-9(2-3-10(8)11)17-12(6-19)15(23)16(24)13(21)7-20/h2-6,12-13,15-17,20-21,23-24H,7H2,1H3,(H,18,22)/t12-,13+,15+,16+/m0/s1/i1-1. The lowest BCUT2D eigenvalue weighted by Crippen LogP contribution is -2.49. The summed E-state index contributed by atoms with van der Waals surface area (Å²) in [5.74, 6) is 0. The minimum Gasteiger partial charge on any atom is -0.394 e. The molecule has 0 aliphatic carbocycles. The van der Waals surface area contributed by atoms with E-state index in [1.807, 2.05) is 0 Å². The Labute approximate surface area is 137 Å². The Morgan fingerprint density at radius 3 is 2.54 bits per heavy atom. The SMILES string of the molecule is [11CH3]c1cc(=O)[nH]c2cc(N[C@@H](C=O)[C@@H](O)[C@H](O)[C@H](O)CO)ccc12. The first-order valence-electron chi connectivity index (χ1n) is 7.38. The lowest BCUT2D eigenvalue weighted by atomic mass is 9.98. The van der Waals surface area contributed by atoms with Crippen LogP contribution in [0.2, 0.25) is 0 Å². The minimum atomic E-state index is -1.69. The second kappa shape index (κ2) is 7.54. The number of rotatable bonds is 7. The monoisotopic (exact) mass is 335 g/mol. The van der Waals surface area contributed by atoms with Crippen LogP contribution in [0.15, 0.2) is 29.1 Å². The van der Waals surface area contributed by atoms with Crippen molar-refractivity contribution in [3.8, 4) is 0 Å². The summed E-state index contributed by atoms with van der Waals surface area (Å²) in [6.07, 6.45) is -4.50. The van der Waals surface area contributed by atoms with Crippen LogP contribution in [0, 0.1) is 6.92 Å². The van der Waals surface area contributed by atoms with Gasteiger partial charge in [-0.05, 0) is 24.6 Å². The predicted molar refractivity (Wildman–Crippen MR) is 87.9 cm³/mol. The van der Waals surface area contributed by atoms with Crippen LogP contribution in [0.1, 0.15) is 5.56 Å². The van der Waals surface area contributed by atoms with Crippen LogP contribution < -0.4 is 10.9 Å². The number of aromatic amines is 1. The number of pyridine rings is 1. The Balaban J connectivity index is 2.26. The zero-order chi connectivity index (χ0) is 17.9. The van der Waals surface area contributed by atoms with Gasteiger partial charge in [-0.15, -0.1) is 0 Å². The molecule has 0 aliphatic rings. The number of aliphatic hydroxyl groups is 4. The molecule has 0 unspecified atom stereocenters. The summed E-state index contributed by atoms with van der Waals surface area (Å²) in [6.45, 7) is 1.05. The minimum absolute atomic E-state index is 0.259. The van der Waals surface area contributed by atoms with Gasteiger partial charge in [0.2, 0.25) is 5.56 Å². The first kappa shape index (κ1) is 18.1. The van der Waals surface area contributed by atoms with Gasteiger partial charge in [-0.3, -0.25) is 4.79 Å². The summed E-state index contributed by atoms with van der Waals surface area (Å²) in [4.78, 5) is 25.4. The van der Waals surface area contributed by atoms with Crippen LogP contribution in [0.5, 0.6) is 0 Å². The van der Waals surface area contributed by atoms with Gasteiger partial charge in [-0.1, -0.05) is 6.07 Å². The molecule has 2 rings (SSSR count). The average Bonchev–Trinajstić information content (AvgIpc) is 2.57. The summed E-state index contributed by atoms with van der Waals surface area (Å²) in [5.41, 5.74) is 1.53. The van der Waals surface area contributed by atoms with Gasteiger partial charge < -0.3 is 35.5 Å². The number of anilines is 1. The smallest absolute Gasteiger partial charge is 0.248 e. The second-order valence-electron chi connectivity index (χ2n) is 5.61. The van der Waals surface area contributed by atoms with Crippen molar-refractivity contribution in [1.29, 1.82) is 0 Å². The number of aryl methyl sites for hydroxylation is 1. The molecule has 1 aromatic carbocycles. The first-order valence-corrected chi connectivity index (χ1v) is 7.38. The molecule has 0 saturated heterocycles. The molecular weight excluding hydrogens is 315 g/mol. The molecule has 0 fully saturated rings. The molecule has 2 aromatic rings. The van der Waals surface area contributed by atoms with Crippen LogP contribution in [0.25, 0.3) is 10.9 Å². The summed E-state index contributed by atoms with van der Waals surface area (Å²) in [7, 11) is 0. The quantitative estimate of drug-likeness (QED) is 0.352. The number of fused-ring (bicyclic) bond motifs is 1. The summed E-state index contributed by atoms with van der Waals surface area (Å²) in [6, 6.07) is 5.26. The number of H-pyrrole nitrogens is 1. The fourth-order valence-electron chi connectivity index (χ4n) is 2.46. The molecule has 0 bridgehead atoms. The Bertz CT molecular complexity index is 775. The van der Waals surface area contributed by atoms with Crippen LogP contribution in [0.4, 0.5) is 5.69 Å². The molecule has 0 aliphatic heterocycles. The van der Waals surface area contributed by atoms with Crippen molar-refractivity contribution in [3.63, 3.8) is 0 Å². The Morgan fingerprint density at radius 2 is 1.92 bits per heavy atom. The predicted octanol–water partition coefficient (Wildman–Crippen LogP) is -1.11. The molecule has 130 valence electrons. The molecule has 0 radical (unpaired) electrons. The highest BCUT2D eigenvalue weighted by Crippen LogP contribution is 2.20. The van der Waals surface area contributed by atoms with E-state index in [9.17, 15) is 24.9 Å². The molecule has 1 aromatic heterocycles. The van der Waals surface area contributed by atoms with E-state index in [1.54, 1.807) is 25.1 Å². The topological polar surface area (TPSA) is 143 Å². The van der Waals surface area contributed by atoms with E-state index in [-0.39, 0.29) is 5.56 Å². The lowest BCUT2D eigenvalue weighted by Gasteiger charge is -2.26. The molecular formula is C16H20N2O6. The zero-order valence-electron chi connectivity index (χ0n) is 13.0. The number of nitrogens with one attached hydrogen (secondary N) is 2. The number of aromatic nitrogens is 1. The van der Waals surface area contributed by atoms with Crippen LogP contribution in [-0.2, 0) is 4.79 Å². The third-order valence-electron chi connectivity index (χ3n) is 3.83. The van der Waals surface area contributed by atoms with Gasteiger partial charge >= 0.3 is 0 Å². The summed E-state index contributed by atoms with van der Waals surface area (Å²) >= 11 is 0. The number of benzene rings is 1. The largest absolute Gasteiger partial charge is 0.394 e. The average molecular weight is 335 g/mol. The molecule has 8 heteroatoms. The van der Waals surface area contributed by atoms with E-state index in [0.29, 0.717) is 17.5 Å². The molecule has 1 heterocycles. The molecule has 8 nitrogen and oxygen atoms in total. The van der Waals surface area contributed by atoms with E-state index in [1.165, 1.54) is 6.07 Å². The van der Waals surface area contributed by atoms with Crippen LogP contribution in [0.3, 0.4) is 0 Å². The van der Waals surface area contributed by atoms with E-state index in [2.05, 4.69) is 10.3 Å².